The van der Waals surface area contributed by atoms with Crippen LogP contribution >= 0.6 is 11.3 Å². The van der Waals surface area contributed by atoms with Crippen molar-refractivity contribution in [2.24, 2.45) is 0 Å². The smallest absolute Gasteiger partial charge is 0.387 e. The maximum Gasteiger partial charge on any atom is 0.387 e. The number of para-hydroxylation sites is 2. The Hall–Kier alpha value is -1.99. The van der Waals surface area contributed by atoms with E-state index in [2.05, 4.69) is 15.0 Å². The Morgan fingerprint density at radius 2 is 1.71 bits per heavy atom. The molecule has 2 aromatic carbocycles. The molecule has 3 rings (SSSR count). The molecule has 0 saturated heterocycles. The molecule has 0 fully saturated rings. The van der Waals surface area contributed by atoms with Crippen LogP contribution in [0.5, 0.6) is 5.75 Å². The van der Waals surface area contributed by atoms with Gasteiger partial charge in [0.05, 0.1) is 5.69 Å². The molecule has 24 heavy (non-hydrogen) atoms. The van der Waals surface area contributed by atoms with Crippen LogP contribution < -0.4 is 27.0 Å². The van der Waals surface area contributed by atoms with Crippen LogP contribution in [0.4, 0.5) is 19.6 Å². The molecule has 0 aliphatic rings. The molecule has 0 aliphatic heterocycles. The average molecular weight is 412 g/mol. The number of hydrogen-bond acceptors (Lipinski definition) is 4. The van der Waals surface area contributed by atoms with Gasteiger partial charge in [0, 0.05) is 16.1 Å². The first-order valence-corrected chi connectivity index (χ1v) is 7.79. The lowest BCUT2D eigenvalue weighted by Crippen LogP contribution is -3.00. The molecule has 1 N–H and O–H groups in total. The quantitative estimate of drug-likeness (QED) is 0.700. The van der Waals surface area contributed by atoms with Crippen LogP contribution in [0.2, 0.25) is 0 Å². The predicted molar refractivity (Wildman–Crippen MR) is 88.6 cm³/mol. The van der Waals surface area contributed by atoms with Crippen LogP contribution in [0.15, 0.2) is 54.6 Å². The molecule has 0 unspecified atom stereocenters. The van der Waals surface area contributed by atoms with E-state index in [4.69, 9.17) is 0 Å². The zero-order valence-corrected chi connectivity index (χ0v) is 15.1. The van der Waals surface area contributed by atoms with Gasteiger partial charge < -0.3 is 27.0 Å². The predicted octanol–water partition coefficient (Wildman–Crippen LogP) is 2.47. The fourth-order valence-corrected chi connectivity index (χ4v) is 3.05. The van der Waals surface area contributed by atoms with Crippen molar-refractivity contribution >= 4 is 22.2 Å². The van der Waals surface area contributed by atoms with E-state index in [1.54, 1.807) is 18.2 Å². The second kappa shape index (κ2) is 8.21. The SMILES string of the molecule is Cc1sc(Nc2ccccc2)nc1-c1ccccc1OC(F)F.[Br-]. The third-order valence-corrected chi connectivity index (χ3v) is 4.07. The highest BCUT2D eigenvalue weighted by molar-refractivity contribution is 7.16. The molecule has 7 heteroatoms. The van der Waals surface area contributed by atoms with Crippen LogP contribution in [0.25, 0.3) is 11.3 Å². The van der Waals surface area contributed by atoms with E-state index < -0.39 is 6.61 Å². The number of anilines is 2. The van der Waals surface area contributed by atoms with Gasteiger partial charge in [-0.1, -0.05) is 30.3 Å². The van der Waals surface area contributed by atoms with Crippen molar-refractivity contribution in [2.75, 3.05) is 5.32 Å². The molecule has 0 saturated carbocycles. The lowest BCUT2D eigenvalue weighted by Gasteiger charge is -2.09. The van der Waals surface area contributed by atoms with E-state index in [0.717, 1.165) is 10.6 Å². The molecule has 0 amide bonds. The summed E-state index contributed by atoms with van der Waals surface area (Å²) < 4.78 is 29.7. The number of rotatable bonds is 5. The summed E-state index contributed by atoms with van der Waals surface area (Å²) in [6.07, 6.45) is 0. The fraction of sp³-hybridized carbons (Fsp3) is 0.118. The van der Waals surface area contributed by atoms with Crippen molar-refractivity contribution in [2.45, 2.75) is 13.5 Å². The number of aromatic nitrogens is 1. The van der Waals surface area contributed by atoms with E-state index >= 15 is 0 Å². The molecular formula is C17H14BrF2N2OS-. The summed E-state index contributed by atoms with van der Waals surface area (Å²) in [5.41, 5.74) is 2.12. The number of thiazole rings is 1. The molecule has 0 bridgehead atoms. The third kappa shape index (κ3) is 4.30. The van der Waals surface area contributed by atoms with Gasteiger partial charge in [0.1, 0.15) is 5.75 Å². The minimum atomic E-state index is -2.86. The van der Waals surface area contributed by atoms with Crippen LogP contribution in [0.3, 0.4) is 0 Å². The van der Waals surface area contributed by atoms with Crippen molar-refractivity contribution in [3.63, 3.8) is 0 Å². The Morgan fingerprint density at radius 3 is 2.42 bits per heavy atom. The molecule has 0 aliphatic carbocycles. The first-order valence-electron chi connectivity index (χ1n) is 6.97. The van der Waals surface area contributed by atoms with E-state index in [0.29, 0.717) is 16.4 Å². The monoisotopic (exact) mass is 411 g/mol. The van der Waals surface area contributed by atoms with Gasteiger partial charge in [0.25, 0.3) is 0 Å². The number of alkyl halides is 2. The molecule has 0 spiro atoms. The highest BCUT2D eigenvalue weighted by Gasteiger charge is 2.16. The summed E-state index contributed by atoms with van der Waals surface area (Å²) in [6, 6.07) is 16.3. The van der Waals surface area contributed by atoms with Gasteiger partial charge >= 0.3 is 6.61 Å². The molecule has 0 atom stereocenters. The minimum Gasteiger partial charge on any atom is -1.00 e. The van der Waals surface area contributed by atoms with Gasteiger partial charge in [-0.2, -0.15) is 8.78 Å². The lowest BCUT2D eigenvalue weighted by molar-refractivity contribution is -0.0494. The lowest BCUT2D eigenvalue weighted by atomic mass is 10.1. The number of halogens is 3. The fourth-order valence-electron chi connectivity index (χ4n) is 2.21. The van der Waals surface area contributed by atoms with Crippen molar-refractivity contribution < 1.29 is 30.5 Å². The van der Waals surface area contributed by atoms with E-state index in [9.17, 15) is 8.78 Å². The molecule has 0 radical (unpaired) electrons. The Kier molecular flexibility index (Phi) is 6.28. The van der Waals surface area contributed by atoms with Gasteiger partial charge in [-0.05, 0) is 31.2 Å². The summed E-state index contributed by atoms with van der Waals surface area (Å²) in [4.78, 5) is 5.45. The molecular weight excluding hydrogens is 398 g/mol. The Morgan fingerprint density at radius 1 is 1.04 bits per heavy atom. The maximum absolute atomic E-state index is 12.6. The van der Waals surface area contributed by atoms with Gasteiger partial charge in [-0.3, -0.25) is 0 Å². The second-order valence-corrected chi connectivity index (χ2v) is 5.99. The normalized spacial score (nSPS) is 10.3. The first-order chi connectivity index (χ1) is 11.1. The zero-order valence-electron chi connectivity index (χ0n) is 12.7. The van der Waals surface area contributed by atoms with Crippen molar-refractivity contribution in [1.29, 1.82) is 0 Å². The van der Waals surface area contributed by atoms with Crippen LogP contribution in [-0.4, -0.2) is 11.6 Å². The van der Waals surface area contributed by atoms with Gasteiger partial charge in [0.15, 0.2) is 5.13 Å². The summed E-state index contributed by atoms with van der Waals surface area (Å²) in [7, 11) is 0. The average Bonchev–Trinajstić information content (AvgIpc) is 2.88. The number of nitrogens with one attached hydrogen (secondary N) is 1. The topological polar surface area (TPSA) is 34.2 Å². The van der Waals surface area contributed by atoms with Crippen LogP contribution in [0, 0.1) is 6.92 Å². The largest absolute Gasteiger partial charge is 1.00 e. The Balaban J connectivity index is 0.00000208. The van der Waals surface area contributed by atoms with Crippen molar-refractivity contribution in [3.05, 3.63) is 59.5 Å². The summed E-state index contributed by atoms with van der Waals surface area (Å²) in [6.45, 7) is -0.959. The molecule has 3 aromatic rings. The number of benzene rings is 2. The van der Waals surface area contributed by atoms with Crippen molar-refractivity contribution in [3.8, 4) is 17.0 Å². The standard InChI is InChI=1S/C17H14F2N2OS.BrH/c1-11-15(13-9-5-6-10-14(13)22-16(18)19)21-17(23-11)20-12-7-3-2-4-8-12;/h2-10,16H,1H3,(H,20,21);1H/p-1. The Bertz CT molecular complexity index is 796. The number of aryl methyl sites for hydroxylation is 1. The summed E-state index contributed by atoms with van der Waals surface area (Å²) in [5, 5.41) is 3.92. The summed E-state index contributed by atoms with van der Waals surface area (Å²) >= 11 is 1.47. The molecule has 1 heterocycles. The van der Waals surface area contributed by atoms with Gasteiger partial charge in [0.2, 0.25) is 0 Å². The second-order valence-electron chi connectivity index (χ2n) is 4.79. The van der Waals surface area contributed by atoms with Crippen molar-refractivity contribution in [1.82, 2.24) is 4.98 Å². The van der Waals surface area contributed by atoms with Crippen LogP contribution in [0.1, 0.15) is 4.88 Å². The zero-order chi connectivity index (χ0) is 16.2. The van der Waals surface area contributed by atoms with E-state index in [1.165, 1.54) is 17.4 Å². The number of ether oxygens (including phenoxy) is 1. The highest BCUT2D eigenvalue weighted by Crippen LogP contribution is 2.37. The van der Waals surface area contributed by atoms with E-state index in [-0.39, 0.29) is 22.7 Å². The molecule has 1 aromatic heterocycles. The maximum atomic E-state index is 12.6. The molecule has 3 nitrogen and oxygen atoms in total. The number of nitrogens with zero attached hydrogens (tertiary/aromatic N) is 1. The summed E-state index contributed by atoms with van der Waals surface area (Å²) in [5.74, 6) is 0.127. The third-order valence-electron chi connectivity index (χ3n) is 3.18. The first kappa shape index (κ1) is 18.4. The van der Waals surface area contributed by atoms with Gasteiger partial charge in [-0.15, -0.1) is 11.3 Å². The Labute approximate surface area is 153 Å². The minimum absolute atomic E-state index is 0. The number of hydrogen-bond donors (Lipinski definition) is 1. The van der Waals surface area contributed by atoms with E-state index in [1.807, 2.05) is 37.3 Å². The van der Waals surface area contributed by atoms with Crippen LogP contribution in [-0.2, 0) is 0 Å². The van der Waals surface area contributed by atoms with Gasteiger partial charge in [-0.25, -0.2) is 4.98 Å². The highest BCUT2D eigenvalue weighted by atomic mass is 79.9. The molecule has 126 valence electrons.